The van der Waals surface area contributed by atoms with Crippen LogP contribution >= 0.6 is 0 Å². The summed E-state index contributed by atoms with van der Waals surface area (Å²) < 4.78 is 56.8. The van der Waals surface area contributed by atoms with E-state index in [4.69, 9.17) is 9.72 Å². The number of aromatic nitrogens is 2. The van der Waals surface area contributed by atoms with Crippen molar-refractivity contribution in [2.45, 2.75) is 24.0 Å². The summed E-state index contributed by atoms with van der Waals surface area (Å²) in [4.78, 5) is 5.07. The predicted molar refractivity (Wildman–Crippen MR) is 124 cm³/mol. The molecule has 1 atom stereocenters. The average Bonchev–Trinajstić information content (AvgIpc) is 3.26. The number of nitrogens with zero attached hydrogens (tertiary/aromatic N) is 2. The summed E-state index contributed by atoms with van der Waals surface area (Å²) in [6, 6.07) is 17.6. The van der Waals surface area contributed by atoms with Crippen molar-refractivity contribution in [3.63, 3.8) is 0 Å². The molecule has 0 saturated carbocycles. The first-order valence-corrected chi connectivity index (χ1v) is 12.6. The Morgan fingerprint density at radius 1 is 1.09 bits per heavy atom. The molecule has 0 saturated heterocycles. The van der Waals surface area contributed by atoms with Gasteiger partial charge < -0.3 is 10.1 Å². The van der Waals surface area contributed by atoms with E-state index < -0.39 is 16.4 Å². The standard InChI is InChI=1S/C25H19F2N3O3S/c1-34(31,32)17-8-5-14(6-9-17)15-7-10-18-20(11-15)30-21-12-19(24(30)29-18)28-13-16-3-2-4-22(23(16)21)33-25(26)27/h2-11,13,19,25,28H,12H2,1H3/t19-/m1/s1. The molecule has 2 aliphatic heterocycles. The van der Waals surface area contributed by atoms with Crippen LogP contribution in [0.5, 0.6) is 5.75 Å². The molecule has 2 aliphatic rings. The van der Waals surface area contributed by atoms with Gasteiger partial charge in [0.15, 0.2) is 9.84 Å². The highest BCUT2D eigenvalue weighted by atomic mass is 32.2. The second kappa shape index (κ2) is 7.39. The van der Waals surface area contributed by atoms with Crippen LogP contribution in [0.2, 0.25) is 0 Å². The summed E-state index contributed by atoms with van der Waals surface area (Å²) in [7, 11) is -3.28. The second-order valence-corrected chi connectivity index (χ2v) is 10.4. The number of nitrogens with one attached hydrogen (secondary N) is 1. The van der Waals surface area contributed by atoms with E-state index in [1.54, 1.807) is 36.4 Å². The van der Waals surface area contributed by atoms with Gasteiger partial charge in [-0.1, -0.05) is 30.3 Å². The van der Waals surface area contributed by atoms with Crippen molar-refractivity contribution in [1.29, 1.82) is 0 Å². The Labute approximate surface area is 193 Å². The second-order valence-electron chi connectivity index (χ2n) is 8.42. The Balaban J connectivity index is 1.58. The maximum atomic E-state index is 13.2. The highest BCUT2D eigenvalue weighted by Crippen LogP contribution is 2.38. The Kier molecular flexibility index (Phi) is 4.54. The van der Waals surface area contributed by atoms with Gasteiger partial charge in [-0.3, -0.25) is 4.57 Å². The molecule has 6 nitrogen and oxygen atoms in total. The Bertz CT molecular complexity index is 1690. The van der Waals surface area contributed by atoms with E-state index in [0.717, 1.165) is 38.9 Å². The molecule has 1 N–H and O–H groups in total. The largest absolute Gasteiger partial charge is 0.434 e. The van der Waals surface area contributed by atoms with Gasteiger partial charge in [0.05, 0.1) is 22.0 Å². The van der Waals surface area contributed by atoms with Gasteiger partial charge in [0.1, 0.15) is 11.6 Å². The van der Waals surface area contributed by atoms with E-state index in [0.29, 0.717) is 11.6 Å². The molecule has 0 fully saturated rings. The SMILES string of the molecule is CS(=O)(=O)c1ccc(-c2ccc3nc4n(c3c2)C2=c3c(OC(F)F)cccc3=CN[C@@H]4C2)cc1. The van der Waals surface area contributed by atoms with Crippen LogP contribution in [0.25, 0.3) is 34.1 Å². The molecule has 34 heavy (non-hydrogen) atoms. The summed E-state index contributed by atoms with van der Waals surface area (Å²) in [5, 5.41) is 4.76. The molecular formula is C25H19F2N3O3S. The zero-order chi connectivity index (χ0) is 23.6. The molecule has 0 unspecified atom stereocenters. The van der Waals surface area contributed by atoms with Gasteiger partial charge in [-0.25, -0.2) is 13.4 Å². The highest BCUT2D eigenvalue weighted by molar-refractivity contribution is 7.90. The zero-order valence-electron chi connectivity index (χ0n) is 18.0. The van der Waals surface area contributed by atoms with Crippen molar-refractivity contribution in [1.82, 2.24) is 14.9 Å². The van der Waals surface area contributed by atoms with E-state index in [9.17, 15) is 17.2 Å². The van der Waals surface area contributed by atoms with Gasteiger partial charge in [-0.05, 0) is 41.5 Å². The van der Waals surface area contributed by atoms with E-state index in [1.165, 1.54) is 6.26 Å². The monoisotopic (exact) mass is 479 g/mol. The van der Waals surface area contributed by atoms with Gasteiger partial charge in [0.2, 0.25) is 0 Å². The van der Waals surface area contributed by atoms with Gasteiger partial charge in [0, 0.05) is 35.0 Å². The minimum atomic E-state index is -3.28. The van der Waals surface area contributed by atoms with Crippen molar-refractivity contribution >= 4 is 32.8 Å². The number of hydrogen-bond acceptors (Lipinski definition) is 5. The van der Waals surface area contributed by atoms with Crippen molar-refractivity contribution in [2.24, 2.45) is 0 Å². The Morgan fingerprint density at radius 3 is 2.59 bits per heavy atom. The quantitative estimate of drug-likeness (QED) is 0.487. The summed E-state index contributed by atoms with van der Waals surface area (Å²) >= 11 is 0. The first kappa shape index (κ1) is 20.9. The molecule has 2 bridgehead atoms. The third kappa shape index (κ3) is 3.27. The Morgan fingerprint density at radius 2 is 1.85 bits per heavy atom. The third-order valence-electron chi connectivity index (χ3n) is 6.28. The normalized spacial score (nSPS) is 16.6. The Hall–Kier alpha value is -3.72. The number of imidazole rings is 1. The lowest BCUT2D eigenvalue weighted by Crippen LogP contribution is -2.32. The van der Waals surface area contributed by atoms with Gasteiger partial charge in [-0.2, -0.15) is 8.78 Å². The van der Waals surface area contributed by atoms with E-state index in [2.05, 4.69) is 5.32 Å². The molecule has 3 aromatic carbocycles. The summed E-state index contributed by atoms with van der Waals surface area (Å²) in [6.45, 7) is -2.93. The predicted octanol–water partition coefficient (Wildman–Crippen LogP) is 3.15. The van der Waals surface area contributed by atoms with Crippen LogP contribution < -0.4 is 20.5 Å². The molecule has 0 amide bonds. The number of fused-ring (bicyclic) bond motifs is 8. The fourth-order valence-corrected chi connectivity index (χ4v) is 5.40. The lowest BCUT2D eigenvalue weighted by Gasteiger charge is -2.11. The van der Waals surface area contributed by atoms with E-state index in [1.807, 2.05) is 35.0 Å². The van der Waals surface area contributed by atoms with Crippen molar-refractivity contribution in [2.75, 3.05) is 6.26 Å². The van der Waals surface area contributed by atoms with Crippen molar-refractivity contribution in [3.8, 4) is 16.9 Å². The van der Waals surface area contributed by atoms with Crippen LogP contribution in [-0.2, 0) is 9.84 Å². The number of ether oxygens (including phenoxy) is 1. The van der Waals surface area contributed by atoms with Gasteiger partial charge >= 0.3 is 6.61 Å². The minimum absolute atomic E-state index is 0.0910. The minimum Gasteiger partial charge on any atom is -0.434 e. The highest BCUT2D eigenvalue weighted by Gasteiger charge is 2.32. The molecule has 172 valence electrons. The number of benzene rings is 3. The topological polar surface area (TPSA) is 73.2 Å². The smallest absolute Gasteiger partial charge is 0.387 e. The van der Waals surface area contributed by atoms with E-state index in [-0.39, 0.29) is 16.7 Å². The maximum absolute atomic E-state index is 13.2. The number of sulfone groups is 1. The van der Waals surface area contributed by atoms with Crippen molar-refractivity contribution < 1.29 is 21.9 Å². The van der Waals surface area contributed by atoms with Crippen LogP contribution in [0.3, 0.4) is 0 Å². The number of hydrogen-bond donors (Lipinski definition) is 1. The summed E-state index contributed by atoms with van der Waals surface area (Å²) in [5.41, 5.74) is 4.23. The zero-order valence-corrected chi connectivity index (χ0v) is 18.8. The molecule has 0 aliphatic carbocycles. The molecule has 0 radical (unpaired) electrons. The molecule has 9 heteroatoms. The van der Waals surface area contributed by atoms with Crippen LogP contribution in [0.15, 0.2) is 65.6 Å². The van der Waals surface area contributed by atoms with Crippen LogP contribution in [0.1, 0.15) is 18.3 Å². The molecular weight excluding hydrogens is 460 g/mol. The first-order valence-electron chi connectivity index (χ1n) is 10.7. The van der Waals surface area contributed by atoms with Crippen LogP contribution in [0, 0.1) is 0 Å². The fourth-order valence-electron chi connectivity index (χ4n) is 4.77. The fraction of sp³-hybridized carbons (Fsp3) is 0.160. The number of halogens is 2. The maximum Gasteiger partial charge on any atom is 0.387 e. The van der Waals surface area contributed by atoms with Crippen LogP contribution in [-0.4, -0.2) is 30.8 Å². The van der Waals surface area contributed by atoms with Gasteiger partial charge in [0.25, 0.3) is 0 Å². The first-order chi connectivity index (χ1) is 16.3. The average molecular weight is 480 g/mol. The summed E-state index contributed by atoms with van der Waals surface area (Å²) in [6.07, 6.45) is 3.58. The van der Waals surface area contributed by atoms with Crippen LogP contribution in [0.4, 0.5) is 8.78 Å². The molecule has 1 aromatic heterocycles. The lowest BCUT2D eigenvalue weighted by atomic mass is 10.0. The van der Waals surface area contributed by atoms with Gasteiger partial charge in [-0.15, -0.1) is 0 Å². The molecule has 6 rings (SSSR count). The summed E-state index contributed by atoms with van der Waals surface area (Å²) in [5.74, 6) is 0.937. The molecule has 4 aromatic rings. The van der Waals surface area contributed by atoms with E-state index >= 15 is 0 Å². The van der Waals surface area contributed by atoms with Crippen molar-refractivity contribution in [3.05, 3.63) is 76.9 Å². The number of rotatable bonds is 4. The third-order valence-corrected chi connectivity index (χ3v) is 7.41. The lowest BCUT2D eigenvalue weighted by molar-refractivity contribution is -0.0505. The number of alkyl halides is 2. The molecule has 3 heterocycles. The molecule has 0 spiro atoms.